The zero-order chi connectivity index (χ0) is 97.7. The predicted octanol–water partition coefficient (Wildman–Crippen LogP) is 19.4. The molecular weight excluding hydrogens is 1840 g/mol. The van der Waals surface area contributed by atoms with Crippen molar-refractivity contribution in [3.05, 3.63) is 220 Å². The molecule has 0 unspecified atom stereocenters. The number of carbonyl (C=O) groups excluding carboxylic acids is 8. The number of terminal acetylenes is 1. The number of ketones is 3. The fourth-order valence-electron chi connectivity index (χ4n) is 12.7. The number of aromatic nitrogens is 3. The van der Waals surface area contributed by atoms with Gasteiger partial charge < -0.3 is 43.0 Å². The zero-order valence-electron chi connectivity index (χ0n) is 78.4. The van der Waals surface area contributed by atoms with E-state index < -0.39 is 101 Å². The number of cyclic esters (lactones) is 2. The van der Waals surface area contributed by atoms with Crippen LogP contribution in [0.15, 0.2) is 148 Å². The molecule has 0 spiro atoms. The molecule has 2 atom stereocenters. The molecule has 129 heavy (non-hydrogen) atoms. The average Bonchev–Trinajstić information content (AvgIpc) is 1.62. The van der Waals surface area contributed by atoms with Crippen LogP contribution in [0.3, 0.4) is 0 Å². The molecule has 4 aliphatic rings. The Labute approximate surface area is 775 Å². The number of aliphatic hydroxyl groups is 2. The Bertz CT molecular complexity index is 5840. The summed E-state index contributed by atoms with van der Waals surface area (Å²) in [6.07, 6.45) is 5.53. The number of nitrogens with zero attached hydrogens (tertiary/aromatic N) is 3. The number of nitrogens with one attached hydrogen (secondary N) is 3. The summed E-state index contributed by atoms with van der Waals surface area (Å²) >= 11 is 2.16. The number of anilines is 3. The summed E-state index contributed by atoms with van der Waals surface area (Å²) in [6.45, 7) is 53.0. The third kappa shape index (κ3) is 32.8. The SMILES string of the molecule is C#C[Si](C)(C)C.CC(C)(C)OC(=O)Nc1ccccc1C(=O)C#C[Si](C)(C)C.CC(C)(C)OC(=O)Nc1ccccc1C(=O)CC[Si](C)(C)C.CC(C)(C)OC(=O)Nc1ccccc1I.CC[C@@]1(O)C(=O)OCc2c1cc1n(c2=O)CCC1=O.CC[C@@]1(O)C(=O)OCc2c1cc1n(c2=O)Cc2c-1nc1ccccc1c2CC[Si](C)(C)C.Cc1ccc(S(=O)(=O)O)cc1.[C-]#[O+]. The molecule has 7 heterocycles. The Morgan fingerprint density at radius 3 is 1.45 bits per heavy atom. The number of hydrogen-bond donors (Lipinski definition) is 6. The number of esters is 2. The van der Waals surface area contributed by atoms with Gasteiger partial charge in [-0.25, -0.2) is 29.0 Å². The van der Waals surface area contributed by atoms with E-state index >= 15 is 0 Å². The summed E-state index contributed by atoms with van der Waals surface area (Å²) in [4.78, 5) is 126. The van der Waals surface area contributed by atoms with Crippen LogP contribution in [-0.4, -0.2) is 134 Å². The van der Waals surface area contributed by atoms with Crippen molar-refractivity contribution < 1.29 is 89.9 Å². The monoisotopic (exact) mass is 1970 g/mol. The number of pyridine rings is 3. The predicted molar refractivity (Wildman–Crippen MR) is 521 cm³/mol. The van der Waals surface area contributed by atoms with Crippen molar-refractivity contribution in [1.82, 2.24) is 14.1 Å². The van der Waals surface area contributed by atoms with Gasteiger partial charge in [0.15, 0.2) is 22.8 Å². The van der Waals surface area contributed by atoms with Gasteiger partial charge in [0.2, 0.25) is 5.78 Å². The van der Waals surface area contributed by atoms with Crippen molar-refractivity contribution in [2.24, 2.45) is 0 Å². The summed E-state index contributed by atoms with van der Waals surface area (Å²) in [7, 11) is -9.30. The van der Waals surface area contributed by atoms with E-state index in [0.717, 1.165) is 55.5 Å². The maximum absolute atomic E-state index is 13.4. The van der Waals surface area contributed by atoms with Gasteiger partial charge in [-0.1, -0.05) is 177 Å². The van der Waals surface area contributed by atoms with E-state index in [2.05, 4.69) is 147 Å². The quantitative estimate of drug-likeness (QED) is 0.00678. The normalized spacial score (nSPS) is 15.2. The zero-order valence-corrected chi connectivity index (χ0v) is 85.3. The van der Waals surface area contributed by atoms with E-state index in [1.807, 2.05) is 76.2 Å². The van der Waals surface area contributed by atoms with Gasteiger partial charge in [-0.2, -0.15) is 8.42 Å². The van der Waals surface area contributed by atoms with Gasteiger partial charge in [0.1, 0.15) is 46.2 Å². The average molecular weight is 1970 g/mol. The fraction of sp³-hybridized carbons (Fsp3) is 0.417. The van der Waals surface area contributed by atoms with Crippen molar-refractivity contribution in [2.75, 3.05) is 16.0 Å². The molecule has 0 radical (unpaired) electrons. The summed E-state index contributed by atoms with van der Waals surface area (Å²) in [6, 6.07) is 40.9. The van der Waals surface area contributed by atoms with Crippen molar-refractivity contribution >= 4 is 141 Å². The van der Waals surface area contributed by atoms with Crippen LogP contribution < -0.4 is 27.1 Å². The van der Waals surface area contributed by atoms with Crippen LogP contribution >= 0.6 is 22.6 Å². The Morgan fingerprint density at radius 2 is 1.01 bits per heavy atom. The van der Waals surface area contributed by atoms with E-state index in [-0.39, 0.29) is 82.7 Å². The molecule has 3 amide bonds. The minimum atomic E-state index is -4.02. The molecule has 0 saturated heterocycles. The second-order valence-corrected chi connectivity index (χ2v) is 61.8. The van der Waals surface area contributed by atoms with Gasteiger partial charge in [0.25, 0.3) is 21.2 Å². The molecule has 33 heteroatoms. The molecule has 6 N–H and O–H groups in total. The molecule has 3 aromatic heterocycles. The van der Waals surface area contributed by atoms with Crippen molar-refractivity contribution in [3.63, 3.8) is 0 Å². The summed E-state index contributed by atoms with van der Waals surface area (Å²) in [5.74, 6) is 0.844. The number of hydrogen-bond acceptors (Lipinski definition) is 20. The second-order valence-electron chi connectivity index (χ2n) is 38.4. The van der Waals surface area contributed by atoms with Gasteiger partial charge in [-0.3, -0.25) is 44.5 Å². The molecule has 5 aromatic carbocycles. The second kappa shape index (κ2) is 45.3. The van der Waals surface area contributed by atoms with Gasteiger partial charge in [0, 0.05) is 66.7 Å². The Kier molecular flexibility index (Phi) is 38.3. The van der Waals surface area contributed by atoms with Crippen LogP contribution in [0.25, 0.3) is 22.3 Å². The number of para-hydroxylation sites is 4. The summed E-state index contributed by atoms with van der Waals surface area (Å²) in [5, 5.41) is 30.6. The molecule has 8 aromatic rings. The van der Waals surface area contributed by atoms with Crippen LogP contribution in [0.2, 0.25) is 90.7 Å². The molecule has 692 valence electrons. The van der Waals surface area contributed by atoms with Crippen molar-refractivity contribution in [2.45, 2.75) is 265 Å². The molecule has 0 aliphatic carbocycles. The van der Waals surface area contributed by atoms with Crippen molar-refractivity contribution in [1.29, 1.82) is 0 Å². The molecule has 0 bridgehead atoms. The molecular formula is C96H123IN6O21SSi4. The van der Waals surface area contributed by atoms with Crippen LogP contribution in [-0.2, 0) is 92.0 Å². The third-order valence-corrected chi connectivity index (χ3v) is 26.4. The fourth-order valence-corrected chi connectivity index (χ4v) is 16.1. The molecule has 12 rings (SSSR count). The van der Waals surface area contributed by atoms with Gasteiger partial charge >= 0.3 is 41.5 Å². The topological polar surface area (TPSA) is 390 Å². The van der Waals surface area contributed by atoms with E-state index in [9.17, 15) is 66.6 Å². The van der Waals surface area contributed by atoms with E-state index in [1.54, 1.807) is 121 Å². The summed E-state index contributed by atoms with van der Waals surface area (Å²) in [5.41, 5.74) is 9.69. The Morgan fingerprint density at radius 1 is 0.589 bits per heavy atom. The van der Waals surface area contributed by atoms with Crippen molar-refractivity contribution in [3.8, 4) is 34.8 Å². The minimum absolute atomic E-state index is 0.0640. The number of fused-ring (bicyclic) bond motifs is 7. The molecule has 4 aliphatic heterocycles. The van der Waals surface area contributed by atoms with E-state index in [0.29, 0.717) is 58.8 Å². The Hall–Kier alpha value is -10.5. The first-order chi connectivity index (χ1) is 59.5. The maximum atomic E-state index is 13.4. The first-order valence-electron chi connectivity index (χ1n) is 42.1. The number of benzene rings is 5. The number of rotatable bonds is 14. The molecule has 27 nitrogen and oxygen atoms in total. The van der Waals surface area contributed by atoms with Crippen LogP contribution in [0, 0.1) is 40.6 Å². The van der Waals surface area contributed by atoms with Crippen LogP contribution in [0.5, 0.6) is 0 Å². The number of aryl methyl sites for hydroxylation is 2. The number of carbonyl (C=O) groups is 8. The number of halogens is 1. The van der Waals surface area contributed by atoms with E-state index in [4.69, 9.17) is 44.3 Å². The van der Waals surface area contributed by atoms with Gasteiger partial charge in [0.05, 0.1) is 67.8 Å². The van der Waals surface area contributed by atoms with Gasteiger partial charge in [-0.05, 0) is 189 Å². The molecule has 0 fully saturated rings. The standard InChI is InChI=1S/C25H28N2O4Si.C17H27NO3Si.C17H23NO3Si.C13H13NO5.C11H14INO2.C7H8O3S.C5H10Si.CO/c1-5-25(30)19-12-21-22-17(13-27(21)23(28)18(19)14-31-24(25)29)15(10-11-32(2,3)4)16-8-6-7-9-20(16)26-22;2*1-17(2,3)21-16(20)18-14-10-8-7-9-13(14)15(19)11-12-22(4,5)6;1-2-13(18)8-5-9-10(15)3-4-14(9)11(16)7(8)6-19-12(13)17;1-11(2,3)15-10(14)13-9-7-5-4-6-8(9)12;1-6-2-4-7(5-3-6)11(8,9)10;1-5-6(2,3)4;1-2/h6-9,12,30H,5,10-11,13-14H2,1-4H3;7-10H,11-12H2,1-6H3,(H,18,20);7-10H,1-6H3,(H,18,20);5,18H,2-4,6H2,1H3;4-7H,1-3H3,(H,13,14);2-5H,1H3,(H,8,9,10);1H,2-4H3;/t25-;;;13-;;;;/m0..0..../s1. The van der Waals surface area contributed by atoms with E-state index in [1.165, 1.54) is 28.3 Å². The molecule has 0 saturated carbocycles. The summed E-state index contributed by atoms with van der Waals surface area (Å²) < 4.78 is 66.8. The number of amides is 3. The first-order valence-corrected chi connectivity index (χ1v) is 59.0. The third-order valence-electron chi connectivity index (χ3n) is 19.3. The first kappa shape index (κ1) is 109. The number of Topliss-reactive ketones (excluding diaryl/α,β-unsaturated/α-hetero) is 3. The Balaban J connectivity index is 0.000000276. The van der Waals surface area contributed by atoms with Crippen LogP contribution in [0.1, 0.15) is 172 Å². The number of ether oxygens (including phenoxy) is 5. The van der Waals surface area contributed by atoms with Gasteiger partial charge in [-0.15, -0.1) is 17.5 Å². The van der Waals surface area contributed by atoms with Crippen LogP contribution in [0.4, 0.5) is 31.4 Å².